The molecule has 0 spiro atoms. The van der Waals surface area contributed by atoms with Crippen LogP contribution in [0.2, 0.25) is 0 Å². The van der Waals surface area contributed by atoms with E-state index < -0.39 is 0 Å². The Morgan fingerprint density at radius 3 is 2.48 bits per heavy atom. The van der Waals surface area contributed by atoms with E-state index >= 15 is 0 Å². The van der Waals surface area contributed by atoms with Crippen molar-refractivity contribution >= 4 is 12.2 Å². The lowest BCUT2D eigenvalue weighted by molar-refractivity contribution is 0.573. The van der Waals surface area contributed by atoms with E-state index in [0.717, 1.165) is 16.7 Å². The summed E-state index contributed by atoms with van der Waals surface area (Å²) in [5, 5.41) is 24.7. The van der Waals surface area contributed by atoms with E-state index in [1.54, 1.807) is 18.3 Å². The molecular formula is C19H15N7S. The molecule has 2 aromatic heterocycles. The zero-order chi connectivity index (χ0) is 18.6. The fraction of sp³-hybridized carbons (Fsp3) is 0.105. The molecule has 0 amide bonds. The molecule has 0 saturated carbocycles. The zero-order valence-corrected chi connectivity index (χ0v) is 15.1. The van der Waals surface area contributed by atoms with E-state index in [2.05, 4.69) is 38.7 Å². The standard InChI is InChI=1S/C19H15N7S/c20-10-14-6-8-16(9-7-14)13-26-23-18(22-24-26)17-11-21-25(19(17)27)12-15-4-2-1-3-5-15/h1-9,11,21H,12-13H2. The predicted octanol–water partition coefficient (Wildman–Crippen LogP) is 3.17. The van der Waals surface area contributed by atoms with E-state index in [4.69, 9.17) is 17.5 Å². The van der Waals surface area contributed by atoms with Gasteiger partial charge in [-0.3, -0.25) is 4.68 Å². The minimum absolute atomic E-state index is 0.472. The quantitative estimate of drug-likeness (QED) is 0.543. The summed E-state index contributed by atoms with van der Waals surface area (Å²) in [5.41, 5.74) is 3.51. The third-order valence-corrected chi connectivity index (χ3v) is 4.56. The molecule has 0 aliphatic heterocycles. The molecule has 0 bridgehead atoms. The van der Waals surface area contributed by atoms with Gasteiger partial charge in [-0.25, -0.2) is 0 Å². The lowest BCUT2D eigenvalue weighted by atomic mass is 10.1. The van der Waals surface area contributed by atoms with Crippen LogP contribution in [0.1, 0.15) is 16.7 Å². The normalized spacial score (nSPS) is 10.6. The first-order valence-corrected chi connectivity index (χ1v) is 8.73. The van der Waals surface area contributed by atoms with Gasteiger partial charge in [0, 0.05) is 6.20 Å². The van der Waals surface area contributed by atoms with Gasteiger partial charge in [0.15, 0.2) is 0 Å². The number of nitrogens with one attached hydrogen (secondary N) is 1. The molecule has 0 unspecified atom stereocenters. The van der Waals surface area contributed by atoms with Crippen LogP contribution in [0.15, 0.2) is 60.8 Å². The van der Waals surface area contributed by atoms with Crippen molar-refractivity contribution in [3.05, 3.63) is 82.1 Å². The summed E-state index contributed by atoms with van der Waals surface area (Å²) in [4.78, 5) is 1.51. The highest BCUT2D eigenvalue weighted by atomic mass is 32.1. The Balaban J connectivity index is 1.53. The maximum absolute atomic E-state index is 8.86. The number of nitrogens with zero attached hydrogens (tertiary/aromatic N) is 6. The zero-order valence-electron chi connectivity index (χ0n) is 14.3. The van der Waals surface area contributed by atoms with Crippen LogP contribution in [0.25, 0.3) is 11.4 Å². The SMILES string of the molecule is N#Cc1ccc(Cn2nnc(-c3c[nH]n(Cc4ccccc4)c3=S)n2)cc1. The molecule has 4 aromatic rings. The lowest BCUT2D eigenvalue weighted by Gasteiger charge is -2.02. The van der Waals surface area contributed by atoms with E-state index in [0.29, 0.717) is 29.1 Å². The average Bonchev–Trinajstić information content (AvgIpc) is 3.30. The maximum Gasteiger partial charge on any atom is 0.209 e. The van der Waals surface area contributed by atoms with Gasteiger partial charge in [-0.2, -0.15) is 10.1 Å². The van der Waals surface area contributed by atoms with Crippen LogP contribution in [0.5, 0.6) is 0 Å². The fourth-order valence-electron chi connectivity index (χ4n) is 2.72. The van der Waals surface area contributed by atoms with Crippen molar-refractivity contribution in [3.63, 3.8) is 0 Å². The molecule has 8 heteroatoms. The monoisotopic (exact) mass is 373 g/mol. The van der Waals surface area contributed by atoms with Gasteiger partial charge in [0.05, 0.1) is 30.3 Å². The van der Waals surface area contributed by atoms with Gasteiger partial charge in [0.25, 0.3) is 0 Å². The number of nitriles is 1. The summed E-state index contributed by atoms with van der Waals surface area (Å²) >= 11 is 5.56. The molecular weight excluding hydrogens is 358 g/mol. The average molecular weight is 373 g/mol. The number of rotatable bonds is 5. The molecule has 4 rings (SSSR count). The highest BCUT2D eigenvalue weighted by molar-refractivity contribution is 7.71. The Bertz CT molecular complexity index is 1150. The van der Waals surface area contributed by atoms with Crippen molar-refractivity contribution in [3.8, 4) is 17.5 Å². The molecule has 2 aromatic carbocycles. The fourth-order valence-corrected chi connectivity index (χ4v) is 2.99. The van der Waals surface area contributed by atoms with E-state index in [-0.39, 0.29) is 0 Å². The van der Waals surface area contributed by atoms with Crippen LogP contribution in [0.4, 0.5) is 0 Å². The molecule has 1 N–H and O–H groups in total. The predicted molar refractivity (Wildman–Crippen MR) is 102 cm³/mol. The minimum atomic E-state index is 0.472. The number of hydrogen-bond donors (Lipinski definition) is 1. The van der Waals surface area contributed by atoms with E-state index in [9.17, 15) is 0 Å². The number of benzene rings is 2. The van der Waals surface area contributed by atoms with E-state index in [1.165, 1.54) is 4.80 Å². The van der Waals surface area contributed by atoms with Crippen LogP contribution >= 0.6 is 12.2 Å². The van der Waals surface area contributed by atoms with Crippen LogP contribution in [0.3, 0.4) is 0 Å². The molecule has 0 aliphatic rings. The number of hydrogen-bond acceptors (Lipinski definition) is 5. The van der Waals surface area contributed by atoms with Gasteiger partial charge in [-0.15, -0.1) is 10.2 Å². The molecule has 0 radical (unpaired) electrons. The molecule has 0 saturated heterocycles. The van der Waals surface area contributed by atoms with Gasteiger partial charge < -0.3 is 5.10 Å². The smallest absolute Gasteiger partial charge is 0.209 e. The third-order valence-electron chi connectivity index (χ3n) is 4.12. The second kappa shape index (κ2) is 7.35. The van der Waals surface area contributed by atoms with Crippen LogP contribution in [-0.4, -0.2) is 30.0 Å². The van der Waals surface area contributed by atoms with Crippen molar-refractivity contribution in [2.45, 2.75) is 13.1 Å². The highest BCUT2D eigenvalue weighted by Gasteiger charge is 2.12. The van der Waals surface area contributed by atoms with Crippen molar-refractivity contribution in [1.82, 2.24) is 30.0 Å². The van der Waals surface area contributed by atoms with Gasteiger partial charge in [-0.05, 0) is 28.5 Å². The second-order valence-corrected chi connectivity index (χ2v) is 6.40. The minimum Gasteiger partial charge on any atom is -0.304 e. The van der Waals surface area contributed by atoms with Crippen LogP contribution in [-0.2, 0) is 13.1 Å². The number of aromatic nitrogens is 6. The van der Waals surface area contributed by atoms with Crippen molar-refractivity contribution < 1.29 is 0 Å². The summed E-state index contributed by atoms with van der Waals surface area (Å²) < 4.78 is 2.51. The summed E-state index contributed by atoms with van der Waals surface area (Å²) in [5.74, 6) is 0.483. The summed E-state index contributed by atoms with van der Waals surface area (Å²) in [7, 11) is 0. The van der Waals surface area contributed by atoms with E-state index in [1.807, 2.05) is 35.0 Å². The van der Waals surface area contributed by atoms with Crippen molar-refractivity contribution in [2.75, 3.05) is 0 Å². The van der Waals surface area contributed by atoms with Gasteiger partial charge >= 0.3 is 0 Å². The molecule has 2 heterocycles. The highest BCUT2D eigenvalue weighted by Crippen LogP contribution is 2.16. The number of aromatic amines is 1. The lowest BCUT2D eigenvalue weighted by Crippen LogP contribution is -2.04. The topological polar surface area (TPSA) is 88.1 Å². The Morgan fingerprint density at radius 1 is 1.00 bits per heavy atom. The number of H-pyrrole nitrogens is 1. The Hall–Kier alpha value is -3.57. The first-order chi connectivity index (χ1) is 13.2. The first kappa shape index (κ1) is 16.9. The first-order valence-electron chi connectivity index (χ1n) is 8.32. The summed E-state index contributed by atoms with van der Waals surface area (Å²) in [6.45, 7) is 1.12. The maximum atomic E-state index is 8.86. The van der Waals surface area contributed by atoms with Crippen molar-refractivity contribution in [1.29, 1.82) is 5.26 Å². The molecule has 27 heavy (non-hydrogen) atoms. The molecule has 0 fully saturated rings. The van der Waals surface area contributed by atoms with Crippen LogP contribution in [0, 0.1) is 16.0 Å². The summed E-state index contributed by atoms with van der Waals surface area (Å²) in [6, 6.07) is 19.5. The molecule has 0 atom stereocenters. The van der Waals surface area contributed by atoms with Crippen LogP contribution < -0.4 is 0 Å². The largest absolute Gasteiger partial charge is 0.304 e. The Kier molecular flexibility index (Phi) is 4.60. The third kappa shape index (κ3) is 3.68. The Labute approximate surface area is 160 Å². The van der Waals surface area contributed by atoms with Gasteiger partial charge in [0.1, 0.15) is 4.64 Å². The molecule has 7 nitrogen and oxygen atoms in total. The van der Waals surface area contributed by atoms with Gasteiger partial charge in [0.2, 0.25) is 5.82 Å². The second-order valence-electron chi connectivity index (χ2n) is 6.02. The molecule has 0 aliphatic carbocycles. The molecule has 132 valence electrons. The summed E-state index contributed by atoms with van der Waals surface area (Å²) in [6.07, 6.45) is 1.80. The van der Waals surface area contributed by atoms with Gasteiger partial charge in [-0.1, -0.05) is 54.7 Å². The van der Waals surface area contributed by atoms with Crippen molar-refractivity contribution in [2.24, 2.45) is 0 Å². The Morgan fingerprint density at radius 2 is 1.74 bits per heavy atom. The number of tetrazole rings is 1.